The van der Waals surface area contributed by atoms with E-state index >= 15 is 0 Å². The summed E-state index contributed by atoms with van der Waals surface area (Å²) in [7, 11) is 2.06. The fourth-order valence-electron chi connectivity index (χ4n) is 5.70. The van der Waals surface area contributed by atoms with Gasteiger partial charge < -0.3 is 8.83 Å². The maximum atomic E-state index is 6.64. The van der Waals surface area contributed by atoms with Crippen LogP contribution in [0, 0.1) is 6.92 Å². The lowest BCUT2D eigenvalue weighted by Gasteiger charge is -2.04. The van der Waals surface area contributed by atoms with E-state index in [0.29, 0.717) is 0 Å². The van der Waals surface area contributed by atoms with E-state index in [9.17, 15) is 0 Å². The van der Waals surface area contributed by atoms with Gasteiger partial charge in [-0.05, 0) is 58.3 Å². The lowest BCUT2D eigenvalue weighted by molar-refractivity contribution is -0.658. The number of hydrogen-bond donors (Lipinski definition) is 0. The van der Waals surface area contributed by atoms with Gasteiger partial charge in [0.15, 0.2) is 22.9 Å². The molecule has 4 nitrogen and oxygen atoms in total. The van der Waals surface area contributed by atoms with Crippen LogP contribution in [0.25, 0.3) is 71.7 Å². The maximum absolute atomic E-state index is 6.64. The molecule has 0 radical (unpaired) electrons. The molecule has 0 atom stereocenters. The van der Waals surface area contributed by atoms with Crippen LogP contribution in [0.1, 0.15) is 5.56 Å². The highest BCUT2D eigenvalue weighted by Crippen LogP contribution is 2.40. The molecular weight excluding hydrogens is 432 g/mol. The zero-order valence-electron chi connectivity index (χ0n) is 19.4. The van der Waals surface area contributed by atoms with Gasteiger partial charge in [-0.15, -0.1) is 0 Å². The molecule has 8 rings (SSSR count). The summed E-state index contributed by atoms with van der Waals surface area (Å²) in [5, 5.41) is 7.20. The monoisotopic (exact) mass is 453 g/mol. The average molecular weight is 454 g/mol. The molecule has 0 aliphatic heterocycles. The number of aryl methyl sites for hydroxylation is 2. The SMILES string of the molecule is Cc1ccc2c(oc3cc4ccc5ccccc5c4cc32)c1-c1n2c(c[n+]1C)oc1ccccc12. The first-order valence-electron chi connectivity index (χ1n) is 11.8. The van der Waals surface area contributed by atoms with Crippen molar-refractivity contribution in [3.05, 3.63) is 96.7 Å². The molecule has 0 spiro atoms. The van der Waals surface area contributed by atoms with E-state index < -0.39 is 0 Å². The van der Waals surface area contributed by atoms with Crippen LogP contribution in [0.15, 0.2) is 100.0 Å². The molecule has 3 heterocycles. The molecule has 0 fully saturated rings. The zero-order chi connectivity index (χ0) is 23.3. The van der Waals surface area contributed by atoms with Crippen LogP contribution in [-0.2, 0) is 7.05 Å². The van der Waals surface area contributed by atoms with Crippen LogP contribution >= 0.6 is 0 Å². The van der Waals surface area contributed by atoms with E-state index in [1.807, 2.05) is 24.4 Å². The van der Waals surface area contributed by atoms with Gasteiger partial charge in [0.25, 0.3) is 0 Å². The highest BCUT2D eigenvalue weighted by atomic mass is 16.3. The van der Waals surface area contributed by atoms with Crippen molar-refractivity contribution in [1.82, 2.24) is 4.40 Å². The molecule has 35 heavy (non-hydrogen) atoms. The fraction of sp³-hybridized carbons (Fsp3) is 0.0645. The Morgan fingerprint density at radius 3 is 2.46 bits per heavy atom. The number of fused-ring (bicyclic) bond motifs is 9. The molecule has 0 bridgehead atoms. The van der Waals surface area contributed by atoms with Crippen LogP contribution in [0.4, 0.5) is 0 Å². The van der Waals surface area contributed by atoms with E-state index in [0.717, 1.165) is 55.7 Å². The Morgan fingerprint density at radius 2 is 1.51 bits per heavy atom. The van der Waals surface area contributed by atoms with Crippen LogP contribution in [0.5, 0.6) is 0 Å². The second-order valence-electron chi connectivity index (χ2n) is 9.40. The van der Waals surface area contributed by atoms with Crippen molar-refractivity contribution in [3.63, 3.8) is 0 Å². The standard InChI is InChI=1S/C31H21N2O2/c1-18-11-14-22-24-16-23-20(13-12-19-7-3-4-8-21(19)23)15-27(24)35-30(22)29(18)31-32(2)17-28-33(31)25-9-5-6-10-26(25)34-28/h3-17H,1-2H3/q+1. The molecule has 0 aliphatic carbocycles. The molecule has 0 aliphatic rings. The minimum Gasteiger partial charge on any atom is -0.455 e. The minimum atomic E-state index is 0.813. The smallest absolute Gasteiger partial charge is 0.336 e. The first-order chi connectivity index (χ1) is 17.2. The van der Waals surface area contributed by atoms with Crippen molar-refractivity contribution in [2.75, 3.05) is 0 Å². The highest BCUT2D eigenvalue weighted by Gasteiger charge is 2.29. The second-order valence-corrected chi connectivity index (χ2v) is 9.40. The van der Waals surface area contributed by atoms with Gasteiger partial charge in [-0.25, -0.2) is 4.57 Å². The molecule has 0 N–H and O–H groups in total. The number of benzene rings is 5. The van der Waals surface area contributed by atoms with E-state index in [-0.39, 0.29) is 0 Å². The Hall–Kier alpha value is -4.57. The minimum absolute atomic E-state index is 0.813. The molecule has 3 aromatic heterocycles. The molecule has 0 unspecified atom stereocenters. The Kier molecular flexibility index (Phi) is 3.50. The van der Waals surface area contributed by atoms with Gasteiger partial charge in [0.05, 0.1) is 7.05 Å². The quantitative estimate of drug-likeness (QED) is 0.189. The lowest BCUT2D eigenvalue weighted by atomic mass is 9.98. The van der Waals surface area contributed by atoms with Gasteiger partial charge in [-0.1, -0.05) is 60.7 Å². The Labute approximate surface area is 200 Å². The third-order valence-electron chi connectivity index (χ3n) is 7.33. The van der Waals surface area contributed by atoms with Gasteiger partial charge in [0, 0.05) is 10.8 Å². The zero-order valence-corrected chi connectivity index (χ0v) is 19.4. The molecule has 0 amide bonds. The van der Waals surface area contributed by atoms with Gasteiger partial charge in [-0.3, -0.25) is 0 Å². The number of nitrogens with zero attached hydrogens (tertiary/aromatic N) is 2. The fourth-order valence-corrected chi connectivity index (χ4v) is 5.70. The molecule has 0 saturated heterocycles. The van der Waals surface area contributed by atoms with Crippen molar-refractivity contribution in [3.8, 4) is 11.4 Å². The van der Waals surface area contributed by atoms with E-state index in [2.05, 4.69) is 89.7 Å². The summed E-state index contributed by atoms with van der Waals surface area (Å²) < 4.78 is 17.1. The molecule has 0 saturated carbocycles. The van der Waals surface area contributed by atoms with Crippen LogP contribution < -0.4 is 4.57 Å². The maximum Gasteiger partial charge on any atom is 0.336 e. The number of rotatable bonds is 1. The van der Waals surface area contributed by atoms with Crippen molar-refractivity contribution in [1.29, 1.82) is 0 Å². The predicted octanol–water partition coefficient (Wildman–Crippen LogP) is 7.69. The summed E-state index contributed by atoms with van der Waals surface area (Å²) in [6.07, 6.45) is 2.04. The Morgan fingerprint density at radius 1 is 0.686 bits per heavy atom. The Balaban J connectivity index is 1.52. The van der Waals surface area contributed by atoms with E-state index in [1.165, 1.54) is 21.5 Å². The lowest BCUT2D eigenvalue weighted by Crippen LogP contribution is -2.28. The topological polar surface area (TPSA) is 34.6 Å². The summed E-state index contributed by atoms with van der Waals surface area (Å²) >= 11 is 0. The predicted molar refractivity (Wildman–Crippen MR) is 141 cm³/mol. The highest BCUT2D eigenvalue weighted by molar-refractivity contribution is 6.17. The normalized spacial score (nSPS) is 12.3. The van der Waals surface area contributed by atoms with Gasteiger partial charge in [0.1, 0.15) is 11.1 Å². The van der Waals surface area contributed by atoms with Crippen LogP contribution in [0.3, 0.4) is 0 Å². The van der Waals surface area contributed by atoms with Crippen LogP contribution in [-0.4, -0.2) is 4.40 Å². The number of furan rings is 1. The van der Waals surface area contributed by atoms with Crippen molar-refractivity contribution >= 4 is 60.3 Å². The first kappa shape index (κ1) is 18.8. The summed E-state index contributed by atoms with van der Waals surface area (Å²) in [6.45, 7) is 2.15. The second kappa shape index (κ2) is 6.51. The molecule has 166 valence electrons. The van der Waals surface area contributed by atoms with Crippen molar-refractivity contribution < 1.29 is 13.4 Å². The van der Waals surface area contributed by atoms with Crippen molar-refractivity contribution in [2.45, 2.75) is 6.92 Å². The number of oxazole rings is 1. The molecule has 4 heteroatoms. The third kappa shape index (κ3) is 2.43. The number of imidazole rings is 1. The molecule has 8 aromatic rings. The van der Waals surface area contributed by atoms with Crippen LogP contribution in [0.2, 0.25) is 0 Å². The van der Waals surface area contributed by atoms with Gasteiger partial charge in [-0.2, -0.15) is 4.40 Å². The number of para-hydroxylation sites is 2. The van der Waals surface area contributed by atoms with E-state index in [1.54, 1.807) is 0 Å². The van der Waals surface area contributed by atoms with Gasteiger partial charge >= 0.3 is 11.5 Å². The summed E-state index contributed by atoms with van der Waals surface area (Å²) in [5.74, 6) is 1.04. The van der Waals surface area contributed by atoms with E-state index in [4.69, 9.17) is 8.83 Å². The molecular formula is C31H21N2O2+. The number of hydrogen-bond acceptors (Lipinski definition) is 2. The average Bonchev–Trinajstić information content (AvgIpc) is 3.51. The largest absolute Gasteiger partial charge is 0.455 e. The first-order valence-corrected chi connectivity index (χ1v) is 11.8. The summed E-state index contributed by atoms with van der Waals surface area (Å²) in [5.41, 5.74) is 6.78. The van der Waals surface area contributed by atoms with Crippen molar-refractivity contribution in [2.24, 2.45) is 7.05 Å². The van der Waals surface area contributed by atoms with Gasteiger partial charge in [0.2, 0.25) is 0 Å². The molecule has 5 aromatic carbocycles. The summed E-state index contributed by atoms with van der Waals surface area (Å²) in [4.78, 5) is 0. The number of aromatic nitrogens is 2. The Bertz CT molecular complexity index is 2140. The summed E-state index contributed by atoms with van der Waals surface area (Å²) in [6, 6.07) is 29.9. The third-order valence-corrected chi connectivity index (χ3v) is 7.33.